The summed E-state index contributed by atoms with van der Waals surface area (Å²) in [4.78, 5) is 38.0. The number of benzene rings is 2. The second-order valence-corrected chi connectivity index (χ2v) is 7.19. The second-order valence-electron chi connectivity index (χ2n) is 7.19. The minimum absolute atomic E-state index is 0.162. The van der Waals surface area contributed by atoms with E-state index in [0.717, 1.165) is 6.42 Å². The van der Waals surface area contributed by atoms with Crippen molar-refractivity contribution in [1.29, 1.82) is 0 Å². The van der Waals surface area contributed by atoms with Crippen LogP contribution in [0.15, 0.2) is 48.5 Å². The van der Waals surface area contributed by atoms with E-state index in [1.54, 1.807) is 24.3 Å². The second kappa shape index (κ2) is 9.91. The van der Waals surface area contributed by atoms with Crippen LogP contribution in [0.25, 0.3) is 0 Å². The fourth-order valence-electron chi connectivity index (χ4n) is 3.14. The molecule has 158 valence electrons. The summed E-state index contributed by atoms with van der Waals surface area (Å²) in [5, 5.41) is 2.70. The lowest BCUT2D eigenvalue weighted by Gasteiger charge is -2.20. The molecule has 0 unspecified atom stereocenters. The number of nitrogens with zero attached hydrogens (tertiary/aromatic N) is 1. The van der Waals surface area contributed by atoms with Gasteiger partial charge in [-0.2, -0.15) is 0 Å². The van der Waals surface area contributed by atoms with Gasteiger partial charge in [0.25, 0.3) is 5.91 Å². The van der Waals surface area contributed by atoms with Crippen molar-refractivity contribution in [3.05, 3.63) is 54.1 Å². The average molecular weight is 410 g/mol. The molecule has 0 saturated heterocycles. The molecule has 0 aromatic heterocycles. The molecular formula is C23H26N2O5. The van der Waals surface area contributed by atoms with E-state index in [1.165, 1.54) is 10.5 Å². The largest absolute Gasteiger partial charge is 0.491 e. The van der Waals surface area contributed by atoms with Crippen molar-refractivity contribution in [3.63, 3.8) is 0 Å². The Hall–Kier alpha value is -3.35. The number of anilines is 2. The van der Waals surface area contributed by atoms with Crippen LogP contribution < -0.4 is 15.0 Å². The lowest BCUT2D eigenvalue weighted by atomic mass is 9.99. The van der Waals surface area contributed by atoms with Crippen LogP contribution >= 0.6 is 0 Å². The predicted molar refractivity (Wildman–Crippen MR) is 114 cm³/mol. The van der Waals surface area contributed by atoms with E-state index < -0.39 is 18.5 Å². The minimum atomic E-state index is -0.665. The average Bonchev–Trinajstić information content (AvgIpc) is 2.91. The van der Waals surface area contributed by atoms with Crippen LogP contribution in [0.3, 0.4) is 0 Å². The molecule has 0 aliphatic carbocycles. The van der Waals surface area contributed by atoms with Crippen LogP contribution in [0.2, 0.25) is 0 Å². The summed E-state index contributed by atoms with van der Waals surface area (Å²) in [5.41, 5.74) is 2.35. The molecule has 0 radical (unpaired) electrons. The summed E-state index contributed by atoms with van der Waals surface area (Å²) in [5.74, 6) is -0.349. The van der Waals surface area contributed by atoms with Crippen molar-refractivity contribution < 1.29 is 23.9 Å². The van der Waals surface area contributed by atoms with Gasteiger partial charge in [-0.3, -0.25) is 19.3 Å². The van der Waals surface area contributed by atoms with E-state index in [4.69, 9.17) is 9.47 Å². The van der Waals surface area contributed by atoms with Crippen molar-refractivity contribution >= 4 is 29.2 Å². The molecule has 1 heterocycles. The van der Waals surface area contributed by atoms with Crippen molar-refractivity contribution in [1.82, 2.24) is 0 Å². The fraction of sp³-hybridized carbons (Fsp3) is 0.348. The Balaban J connectivity index is 1.53. The highest BCUT2D eigenvalue weighted by molar-refractivity contribution is 6.00. The van der Waals surface area contributed by atoms with E-state index in [1.807, 2.05) is 24.3 Å². The summed E-state index contributed by atoms with van der Waals surface area (Å²) in [6.07, 6.45) is 1.20. The highest BCUT2D eigenvalue weighted by atomic mass is 16.5. The third-order valence-corrected chi connectivity index (χ3v) is 5.06. The summed E-state index contributed by atoms with van der Waals surface area (Å²) in [6.45, 7) is 3.81. The first-order chi connectivity index (χ1) is 14.5. The number of para-hydroxylation sites is 2. The SMILES string of the molecule is CC[C@@H](C)c1ccc(NC(=O)COC(=O)CN2C(=O)CCOc3ccccc32)cc1. The number of ether oxygens (including phenoxy) is 2. The maximum absolute atomic E-state index is 12.3. The number of esters is 1. The normalized spacial score (nSPS) is 14.2. The Kier molecular flexibility index (Phi) is 7.06. The van der Waals surface area contributed by atoms with Gasteiger partial charge in [0.05, 0.1) is 18.7 Å². The standard InChI is InChI=1S/C23H26N2O5/c1-3-16(2)17-8-10-18(11-9-17)24-21(26)15-30-23(28)14-25-19-6-4-5-7-20(19)29-13-12-22(25)27/h4-11,16H,3,12-15H2,1-2H3,(H,24,26)/t16-/m1/s1. The number of carbonyl (C=O) groups is 3. The molecular weight excluding hydrogens is 384 g/mol. The summed E-state index contributed by atoms with van der Waals surface area (Å²) in [6, 6.07) is 14.6. The summed E-state index contributed by atoms with van der Waals surface area (Å²) >= 11 is 0. The van der Waals surface area contributed by atoms with Gasteiger partial charge in [-0.1, -0.05) is 38.1 Å². The molecule has 2 aromatic rings. The van der Waals surface area contributed by atoms with E-state index in [0.29, 0.717) is 23.0 Å². The van der Waals surface area contributed by atoms with Crippen LogP contribution in [-0.2, 0) is 19.1 Å². The number of rotatable bonds is 7. The third-order valence-electron chi connectivity index (χ3n) is 5.06. The number of hydrogen-bond acceptors (Lipinski definition) is 5. The first kappa shape index (κ1) is 21.4. The molecule has 7 heteroatoms. The minimum Gasteiger partial charge on any atom is -0.491 e. The number of nitrogens with one attached hydrogen (secondary N) is 1. The van der Waals surface area contributed by atoms with E-state index >= 15 is 0 Å². The first-order valence-corrected chi connectivity index (χ1v) is 10.1. The number of carbonyl (C=O) groups excluding carboxylic acids is 3. The van der Waals surface area contributed by atoms with Crippen LogP contribution in [0.5, 0.6) is 5.75 Å². The molecule has 1 aliphatic rings. The van der Waals surface area contributed by atoms with Gasteiger partial charge in [0.15, 0.2) is 6.61 Å². The molecule has 0 spiro atoms. The highest BCUT2D eigenvalue weighted by Crippen LogP contribution is 2.30. The molecule has 0 bridgehead atoms. The lowest BCUT2D eigenvalue weighted by molar-refractivity contribution is -0.146. The first-order valence-electron chi connectivity index (χ1n) is 10.1. The van der Waals surface area contributed by atoms with Crippen molar-refractivity contribution in [2.45, 2.75) is 32.6 Å². The number of hydrogen-bond donors (Lipinski definition) is 1. The van der Waals surface area contributed by atoms with Crippen molar-refractivity contribution in [3.8, 4) is 5.75 Å². The lowest BCUT2D eigenvalue weighted by Crippen LogP contribution is -2.36. The smallest absolute Gasteiger partial charge is 0.326 e. The Morgan fingerprint density at radius 1 is 1.17 bits per heavy atom. The van der Waals surface area contributed by atoms with Crippen LogP contribution in [0.4, 0.5) is 11.4 Å². The summed E-state index contributed by atoms with van der Waals surface area (Å²) < 4.78 is 10.6. The highest BCUT2D eigenvalue weighted by Gasteiger charge is 2.25. The molecule has 1 aliphatic heterocycles. The monoisotopic (exact) mass is 410 g/mol. The number of fused-ring (bicyclic) bond motifs is 1. The maximum atomic E-state index is 12.3. The third kappa shape index (κ3) is 5.37. The molecule has 7 nitrogen and oxygen atoms in total. The van der Waals surface area contributed by atoms with Gasteiger partial charge in [-0.25, -0.2) is 0 Å². The van der Waals surface area contributed by atoms with Gasteiger partial charge in [-0.15, -0.1) is 0 Å². The van der Waals surface area contributed by atoms with Crippen LogP contribution in [0.1, 0.15) is 38.2 Å². The van der Waals surface area contributed by atoms with Crippen LogP contribution in [-0.4, -0.2) is 37.5 Å². The van der Waals surface area contributed by atoms with E-state index in [9.17, 15) is 14.4 Å². The Morgan fingerprint density at radius 2 is 1.90 bits per heavy atom. The fourth-order valence-corrected chi connectivity index (χ4v) is 3.14. The predicted octanol–water partition coefficient (Wildman–Crippen LogP) is 3.50. The van der Waals surface area contributed by atoms with E-state index in [2.05, 4.69) is 19.2 Å². The maximum Gasteiger partial charge on any atom is 0.326 e. The quantitative estimate of drug-likeness (QED) is 0.706. The number of amides is 2. The molecule has 2 aromatic carbocycles. The Morgan fingerprint density at radius 3 is 2.63 bits per heavy atom. The zero-order chi connectivity index (χ0) is 21.5. The van der Waals surface area contributed by atoms with E-state index in [-0.39, 0.29) is 25.5 Å². The van der Waals surface area contributed by atoms with Crippen molar-refractivity contribution in [2.75, 3.05) is 30.0 Å². The Bertz CT molecular complexity index is 910. The summed E-state index contributed by atoms with van der Waals surface area (Å²) in [7, 11) is 0. The van der Waals surface area contributed by atoms with Gasteiger partial charge in [0, 0.05) is 5.69 Å². The van der Waals surface area contributed by atoms with Crippen LogP contribution in [0, 0.1) is 0 Å². The molecule has 2 amide bonds. The molecule has 0 fully saturated rings. The van der Waals surface area contributed by atoms with Gasteiger partial charge in [0.2, 0.25) is 5.91 Å². The van der Waals surface area contributed by atoms with Gasteiger partial charge >= 0.3 is 5.97 Å². The molecule has 0 saturated carbocycles. The van der Waals surface area contributed by atoms with Gasteiger partial charge in [0.1, 0.15) is 12.3 Å². The molecule has 30 heavy (non-hydrogen) atoms. The Labute approximate surface area is 176 Å². The molecule has 3 rings (SSSR count). The van der Waals surface area contributed by atoms with Gasteiger partial charge in [-0.05, 0) is 42.2 Å². The molecule has 1 N–H and O–H groups in total. The van der Waals surface area contributed by atoms with Gasteiger partial charge < -0.3 is 14.8 Å². The zero-order valence-corrected chi connectivity index (χ0v) is 17.2. The van der Waals surface area contributed by atoms with Crippen molar-refractivity contribution in [2.24, 2.45) is 0 Å². The molecule has 1 atom stereocenters. The zero-order valence-electron chi connectivity index (χ0n) is 17.2. The topological polar surface area (TPSA) is 84.9 Å².